The molecule has 14 heavy (non-hydrogen) atoms. The van der Waals surface area contributed by atoms with Crippen LogP contribution in [0.4, 0.5) is 0 Å². The molecule has 0 rings (SSSR count). The number of nitrogens with zero attached hydrogens (tertiary/aromatic N) is 1. The van der Waals surface area contributed by atoms with Gasteiger partial charge in [-0.15, -0.1) is 4.91 Å². The van der Waals surface area contributed by atoms with E-state index in [0.717, 1.165) is 0 Å². The second kappa shape index (κ2) is 7.14. The average Bonchev–Trinajstić information content (AvgIpc) is 2.22. The van der Waals surface area contributed by atoms with Crippen LogP contribution in [0.2, 0.25) is 0 Å². The summed E-state index contributed by atoms with van der Waals surface area (Å²) in [5.74, 6) is -0.538. The number of aldehydes is 1. The fourth-order valence-corrected chi connectivity index (χ4v) is 0.901. The molecule has 0 heterocycles. The molecule has 0 aromatic carbocycles. The maximum absolute atomic E-state index is 11.3. The molecule has 0 bridgehead atoms. The van der Waals surface area contributed by atoms with Gasteiger partial charge in [0.25, 0.3) is 0 Å². The summed E-state index contributed by atoms with van der Waals surface area (Å²) < 4.78 is 0. The highest BCUT2D eigenvalue weighted by Gasteiger charge is 2.20. The van der Waals surface area contributed by atoms with Crippen LogP contribution >= 0.6 is 0 Å². The van der Waals surface area contributed by atoms with E-state index in [9.17, 15) is 14.5 Å². The Morgan fingerprint density at radius 2 is 2.29 bits per heavy atom. The first-order valence-electron chi connectivity index (χ1n) is 4.47. The molecule has 0 aromatic heterocycles. The Balaban J connectivity index is 4.14. The molecule has 2 atom stereocenters. The molecule has 0 saturated carbocycles. The number of nitrogens with two attached hydrogens (primary N) is 1. The summed E-state index contributed by atoms with van der Waals surface area (Å²) in [5.41, 5.74) is 5.19. The fraction of sp³-hybridized carbons (Fsp3) is 0.750. The number of carbonyl (C=O) groups is 2. The van der Waals surface area contributed by atoms with Gasteiger partial charge in [-0.1, -0.05) is 12.1 Å². The highest BCUT2D eigenvalue weighted by Crippen LogP contribution is 1.97. The first-order valence-corrected chi connectivity index (χ1v) is 4.47. The van der Waals surface area contributed by atoms with Crippen molar-refractivity contribution in [1.29, 1.82) is 0 Å². The third kappa shape index (κ3) is 4.08. The van der Waals surface area contributed by atoms with Crippen LogP contribution in [0.15, 0.2) is 5.18 Å². The first kappa shape index (κ1) is 12.7. The van der Waals surface area contributed by atoms with Crippen LogP contribution in [-0.4, -0.2) is 30.8 Å². The molecule has 0 spiro atoms. The zero-order valence-corrected chi connectivity index (χ0v) is 8.10. The maximum atomic E-state index is 11.3. The summed E-state index contributed by atoms with van der Waals surface area (Å²) in [7, 11) is 0. The summed E-state index contributed by atoms with van der Waals surface area (Å²) in [5, 5.41) is 5.04. The SMILES string of the molecule is CC[C@@H](C=O)NC(=O)[C@H](CCN)N=O. The Hall–Kier alpha value is -1.30. The Morgan fingerprint density at radius 1 is 1.64 bits per heavy atom. The number of nitroso groups, excluding NO2 is 1. The molecule has 0 saturated heterocycles. The topological polar surface area (TPSA) is 102 Å². The van der Waals surface area contributed by atoms with Crippen molar-refractivity contribution in [3.8, 4) is 0 Å². The lowest BCUT2D eigenvalue weighted by Crippen LogP contribution is -2.41. The molecule has 0 fully saturated rings. The average molecular weight is 201 g/mol. The van der Waals surface area contributed by atoms with Crippen molar-refractivity contribution in [1.82, 2.24) is 5.32 Å². The van der Waals surface area contributed by atoms with Gasteiger partial charge in [0, 0.05) is 0 Å². The highest BCUT2D eigenvalue weighted by atomic mass is 16.3. The normalized spacial score (nSPS) is 14.1. The zero-order valence-electron chi connectivity index (χ0n) is 8.10. The Bertz CT molecular complexity index is 208. The van der Waals surface area contributed by atoms with E-state index in [4.69, 9.17) is 5.73 Å². The summed E-state index contributed by atoms with van der Waals surface area (Å²) in [6.07, 6.45) is 1.32. The zero-order chi connectivity index (χ0) is 11.0. The van der Waals surface area contributed by atoms with Gasteiger partial charge in [-0.2, -0.15) is 0 Å². The standard InChI is InChI=1S/C8H15N3O3/c1-2-6(5-12)10-8(13)7(11-14)3-4-9/h5-7H,2-4,9H2,1H3,(H,10,13)/t6-,7-/m0/s1. The van der Waals surface area contributed by atoms with Crippen LogP contribution in [0, 0.1) is 4.91 Å². The Morgan fingerprint density at radius 3 is 2.64 bits per heavy atom. The van der Waals surface area contributed by atoms with E-state index in [0.29, 0.717) is 12.7 Å². The number of carbonyl (C=O) groups excluding carboxylic acids is 2. The first-order chi connectivity index (χ1) is 6.69. The lowest BCUT2D eigenvalue weighted by Gasteiger charge is -2.12. The molecule has 6 heteroatoms. The second-order valence-corrected chi connectivity index (χ2v) is 2.86. The van der Waals surface area contributed by atoms with E-state index in [2.05, 4.69) is 10.5 Å². The molecule has 0 aliphatic rings. The van der Waals surface area contributed by atoms with E-state index in [-0.39, 0.29) is 13.0 Å². The van der Waals surface area contributed by atoms with E-state index in [1.165, 1.54) is 0 Å². The maximum Gasteiger partial charge on any atom is 0.249 e. The van der Waals surface area contributed by atoms with Crippen LogP contribution in [0.25, 0.3) is 0 Å². The van der Waals surface area contributed by atoms with Crippen LogP contribution in [0.1, 0.15) is 19.8 Å². The van der Waals surface area contributed by atoms with E-state index in [1.807, 2.05) is 0 Å². The number of hydrogen-bond donors (Lipinski definition) is 2. The third-order valence-corrected chi connectivity index (χ3v) is 1.80. The van der Waals surface area contributed by atoms with Crippen molar-refractivity contribution in [2.24, 2.45) is 10.9 Å². The van der Waals surface area contributed by atoms with Crippen molar-refractivity contribution in [3.05, 3.63) is 4.91 Å². The summed E-state index contributed by atoms with van der Waals surface area (Å²) in [6.45, 7) is 1.97. The monoisotopic (exact) mass is 201 g/mol. The van der Waals surface area contributed by atoms with E-state index in [1.54, 1.807) is 6.92 Å². The van der Waals surface area contributed by atoms with Gasteiger partial charge in [-0.25, -0.2) is 0 Å². The van der Waals surface area contributed by atoms with Crippen LogP contribution in [-0.2, 0) is 9.59 Å². The Labute approximate surface area is 82.2 Å². The molecule has 0 aromatic rings. The molecule has 3 N–H and O–H groups in total. The number of nitrogens with one attached hydrogen (secondary N) is 1. The molecular formula is C8H15N3O3. The quantitative estimate of drug-likeness (QED) is 0.430. The molecule has 6 nitrogen and oxygen atoms in total. The molecule has 0 radical (unpaired) electrons. The van der Waals surface area contributed by atoms with Gasteiger partial charge in [-0.3, -0.25) is 4.79 Å². The molecule has 80 valence electrons. The van der Waals surface area contributed by atoms with Crippen LogP contribution in [0.3, 0.4) is 0 Å². The van der Waals surface area contributed by atoms with Crippen molar-refractivity contribution in [3.63, 3.8) is 0 Å². The van der Waals surface area contributed by atoms with Gasteiger partial charge in [-0.05, 0) is 19.4 Å². The Kier molecular flexibility index (Phi) is 6.47. The largest absolute Gasteiger partial charge is 0.345 e. The predicted octanol–water partition coefficient (Wildman–Crippen LogP) is -0.436. The molecular weight excluding hydrogens is 186 g/mol. The predicted molar refractivity (Wildman–Crippen MR) is 51.5 cm³/mol. The smallest absolute Gasteiger partial charge is 0.249 e. The van der Waals surface area contributed by atoms with E-state index < -0.39 is 18.0 Å². The van der Waals surface area contributed by atoms with Crippen molar-refractivity contribution < 1.29 is 9.59 Å². The molecule has 0 aliphatic heterocycles. The van der Waals surface area contributed by atoms with Gasteiger partial charge in [0.2, 0.25) is 5.91 Å². The van der Waals surface area contributed by atoms with Gasteiger partial charge in [0.15, 0.2) is 6.04 Å². The summed E-state index contributed by atoms with van der Waals surface area (Å²) in [6, 6.07) is -1.54. The lowest BCUT2D eigenvalue weighted by atomic mass is 10.2. The van der Waals surface area contributed by atoms with Crippen LogP contribution < -0.4 is 11.1 Å². The molecule has 0 unspecified atom stereocenters. The van der Waals surface area contributed by atoms with Crippen molar-refractivity contribution in [2.45, 2.75) is 31.8 Å². The van der Waals surface area contributed by atoms with Crippen molar-refractivity contribution in [2.75, 3.05) is 6.54 Å². The molecule has 1 amide bonds. The van der Waals surface area contributed by atoms with Gasteiger partial charge in [0.1, 0.15) is 6.29 Å². The highest BCUT2D eigenvalue weighted by molar-refractivity contribution is 5.84. The van der Waals surface area contributed by atoms with Gasteiger partial charge < -0.3 is 15.8 Å². The minimum Gasteiger partial charge on any atom is -0.345 e. The van der Waals surface area contributed by atoms with Gasteiger partial charge in [0.05, 0.1) is 6.04 Å². The molecule has 0 aliphatic carbocycles. The minimum atomic E-state index is -0.992. The number of hydrogen-bond acceptors (Lipinski definition) is 5. The summed E-state index contributed by atoms with van der Waals surface area (Å²) in [4.78, 5) is 31.9. The van der Waals surface area contributed by atoms with E-state index >= 15 is 0 Å². The number of rotatable bonds is 7. The third-order valence-electron chi connectivity index (χ3n) is 1.80. The minimum absolute atomic E-state index is 0.199. The lowest BCUT2D eigenvalue weighted by molar-refractivity contribution is -0.125. The van der Waals surface area contributed by atoms with Crippen LogP contribution in [0.5, 0.6) is 0 Å². The van der Waals surface area contributed by atoms with Crippen molar-refractivity contribution >= 4 is 12.2 Å². The van der Waals surface area contributed by atoms with Gasteiger partial charge >= 0.3 is 0 Å². The second-order valence-electron chi connectivity index (χ2n) is 2.86. The number of amides is 1. The summed E-state index contributed by atoms with van der Waals surface area (Å²) >= 11 is 0. The fourth-order valence-electron chi connectivity index (χ4n) is 0.901.